The number of nitrogens with one attached hydrogen (secondary N) is 1. The van der Waals surface area contributed by atoms with Gasteiger partial charge in [-0.15, -0.1) is 0 Å². The highest BCUT2D eigenvalue weighted by molar-refractivity contribution is 5.76. The maximum Gasteiger partial charge on any atom is 0.220 e. The van der Waals surface area contributed by atoms with E-state index in [0.717, 1.165) is 24.2 Å². The second-order valence-electron chi connectivity index (χ2n) is 5.49. The van der Waals surface area contributed by atoms with E-state index in [9.17, 15) is 4.79 Å². The van der Waals surface area contributed by atoms with Crippen molar-refractivity contribution in [1.29, 1.82) is 0 Å². The molecule has 0 atom stereocenters. The highest BCUT2D eigenvalue weighted by Crippen LogP contribution is 2.18. The fourth-order valence-corrected chi connectivity index (χ4v) is 1.56. The van der Waals surface area contributed by atoms with Crippen LogP contribution < -0.4 is 11.1 Å². The number of nitrogens with two attached hydrogens (primary N) is 1. The van der Waals surface area contributed by atoms with Crippen LogP contribution in [0.5, 0.6) is 0 Å². The van der Waals surface area contributed by atoms with Gasteiger partial charge in [-0.3, -0.25) is 4.79 Å². The van der Waals surface area contributed by atoms with E-state index in [2.05, 4.69) is 26.1 Å². The lowest BCUT2D eigenvalue weighted by molar-refractivity contribution is -0.121. The molecule has 3 heteroatoms. The molecule has 0 aliphatic heterocycles. The number of rotatable bonds is 6. The molecule has 0 spiro atoms. The van der Waals surface area contributed by atoms with Gasteiger partial charge < -0.3 is 11.1 Å². The van der Waals surface area contributed by atoms with Gasteiger partial charge >= 0.3 is 0 Å². The van der Waals surface area contributed by atoms with E-state index >= 15 is 0 Å². The average molecular weight is 248 g/mol. The predicted molar refractivity (Wildman–Crippen MR) is 76.3 cm³/mol. The topological polar surface area (TPSA) is 55.1 Å². The Bertz CT molecular complexity index is 399. The van der Waals surface area contributed by atoms with E-state index in [-0.39, 0.29) is 11.3 Å². The highest BCUT2D eigenvalue weighted by atomic mass is 16.1. The van der Waals surface area contributed by atoms with Crippen molar-refractivity contribution >= 4 is 11.6 Å². The largest absolute Gasteiger partial charge is 0.399 e. The average Bonchev–Trinajstić information content (AvgIpc) is 2.35. The number of anilines is 1. The Kier molecular flexibility index (Phi) is 5.20. The van der Waals surface area contributed by atoms with Crippen LogP contribution in [0, 0.1) is 5.41 Å². The molecule has 1 aromatic rings. The summed E-state index contributed by atoms with van der Waals surface area (Å²) >= 11 is 0. The second-order valence-corrected chi connectivity index (χ2v) is 5.49. The Hall–Kier alpha value is -1.51. The third kappa shape index (κ3) is 4.78. The van der Waals surface area contributed by atoms with Gasteiger partial charge in [-0.05, 0) is 29.9 Å². The Morgan fingerprint density at radius 3 is 2.61 bits per heavy atom. The molecule has 3 N–H and O–H groups in total. The lowest BCUT2D eigenvalue weighted by atomic mass is 9.90. The van der Waals surface area contributed by atoms with Crippen LogP contribution in [-0.4, -0.2) is 12.5 Å². The van der Waals surface area contributed by atoms with Gasteiger partial charge in [-0.1, -0.05) is 39.0 Å². The third-order valence-electron chi connectivity index (χ3n) is 3.40. The maximum atomic E-state index is 11.7. The molecule has 100 valence electrons. The van der Waals surface area contributed by atoms with E-state index < -0.39 is 0 Å². The van der Waals surface area contributed by atoms with Gasteiger partial charge in [-0.2, -0.15) is 0 Å². The zero-order valence-corrected chi connectivity index (χ0v) is 11.6. The number of amides is 1. The fraction of sp³-hybridized carbons (Fsp3) is 0.533. The Balaban J connectivity index is 2.36. The molecule has 0 saturated carbocycles. The summed E-state index contributed by atoms with van der Waals surface area (Å²) in [4.78, 5) is 11.7. The quantitative estimate of drug-likeness (QED) is 0.761. The van der Waals surface area contributed by atoms with Crippen molar-refractivity contribution < 1.29 is 4.79 Å². The lowest BCUT2D eigenvalue weighted by Gasteiger charge is -2.22. The molecule has 0 fully saturated rings. The Morgan fingerprint density at radius 1 is 1.33 bits per heavy atom. The molecule has 0 aliphatic rings. The number of aryl methyl sites for hydroxylation is 1. The first-order valence-electron chi connectivity index (χ1n) is 6.55. The van der Waals surface area contributed by atoms with Crippen LogP contribution in [0.15, 0.2) is 24.3 Å². The summed E-state index contributed by atoms with van der Waals surface area (Å²) in [6.45, 7) is 7.17. The summed E-state index contributed by atoms with van der Waals surface area (Å²) in [5.74, 6) is 0.0970. The number of carbonyl (C=O) groups excluding carboxylic acids is 1. The standard InChI is InChI=1S/C15H24N2O/c1-4-15(2,3)11-17-14(18)10-9-12-7-5-6-8-13(12)16/h5-8H,4,9-11,16H2,1-3H3,(H,17,18). The van der Waals surface area contributed by atoms with E-state index in [0.29, 0.717) is 12.8 Å². The molecule has 0 heterocycles. The highest BCUT2D eigenvalue weighted by Gasteiger charge is 2.15. The van der Waals surface area contributed by atoms with Crippen molar-refractivity contribution in [2.45, 2.75) is 40.0 Å². The van der Waals surface area contributed by atoms with Crippen molar-refractivity contribution in [3.8, 4) is 0 Å². The van der Waals surface area contributed by atoms with Crippen LogP contribution in [0.1, 0.15) is 39.2 Å². The van der Waals surface area contributed by atoms with E-state index in [1.54, 1.807) is 0 Å². The summed E-state index contributed by atoms with van der Waals surface area (Å²) in [7, 11) is 0. The van der Waals surface area contributed by atoms with Crippen molar-refractivity contribution in [3.63, 3.8) is 0 Å². The molecule has 1 amide bonds. The van der Waals surface area contributed by atoms with Crippen LogP contribution in [-0.2, 0) is 11.2 Å². The van der Waals surface area contributed by atoms with Crippen molar-refractivity contribution in [2.24, 2.45) is 5.41 Å². The summed E-state index contributed by atoms with van der Waals surface area (Å²) in [6.07, 6.45) is 2.25. The number of hydrogen-bond donors (Lipinski definition) is 2. The number of para-hydroxylation sites is 1. The first kappa shape index (κ1) is 14.6. The Morgan fingerprint density at radius 2 is 2.00 bits per heavy atom. The van der Waals surface area contributed by atoms with E-state index in [1.165, 1.54) is 0 Å². The number of hydrogen-bond acceptors (Lipinski definition) is 2. The van der Waals surface area contributed by atoms with Crippen molar-refractivity contribution in [3.05, 3.63) is 29.8 Å². The predicted octanol–water partition coefficient (Wildman–Crippen LogP) is 2.75. The molecule has 0 aliphatic carbocycles. The summed E-state index contributed by atoms with van der Waals surface area (Å²) in [6, 6.07) is 7.69. The van der Waals surface area contributed by atoms with Crippen LogP contribution in [0.2, 0.25) is 0 Å². The summed E-state index contributed by atoms with van der Waals surface area (Å²) in [5.41, 5.74) is 7.81. The van der Waals surface area contributed by atoms with Crippen LogP contribution in [0.25, 0.3) is 0 Å². The number of benzene rings is 1. The van der Waals surface area contributed by atoms with E-state index in [4.69, 9.17) is 5.73 Å². The molecule has 0 saturated heterocycles. The molecule has 1 aromatic carbocycles. The maximum absolute atomic E-state index is 11.7. The zero-order chi connectivity index (χ0) is 13.6. The molecular weight excluding hydrogens is 224 g/mol. The molecule has 0 unspecified atom stereocenters. The first-order valence-corrected chi connectivity index (χ1v) is 6.55. The zero-order valence-electron chi connectivity index (χ0n) is 11.6. The smallest absolute Gasteiger partial charge is 0.220 e. The molecular formula is C15H24N2O. The first-order chi connectivity index (χ1) is 8.44. The van der Waals surface area contributed by atoms with Crippen LogP contribution >= 0.6 is 0 Å². The minimum absolute atomic E-state index is 0.0970. The van der Waals surface area contributed by atoms with Gasteiger partial charge in [0.1, 0.15) is 0 Å². The molecule has 18 heavy (non-hydrogen) atoms. The van der Waals surface area contributed by atoms with Gasteiger partial charge in [0, 0.05) is 18.7 Å². The lowest BCUT2D eigenvalue weighted by Crippen LogP contribution is -2.33. The molecule has 0 bridgehead atoms. The monoisotopic (exact) mass is 248 g/mol. The molecule has 1 rings (SSSR count). The Labute approximate surface area is 110 Å². The second kappa shape index (κ2) is 6.43. The molecule has 3 nitrogen and oxygen atoms in total. The fourth-order valence-electron chi connectivity index (χ4n) is 1.56. The number of nitrogen functional groups attached to an aromatic ring is 1. The van der Waals surface area contributed by atoms with Crippen LogP contribution in [0.4, 0.5) is 5.69 Å². The number of carbonyl (C=O) groups is 1. The minimum Gasteiger partial charge on any atom is -0.399 e. The minimum atomic E-state index is 0.0970. The summed E-state index contributed by atoms with van der Waals surface area (Å²) < 4.78 is 0. The van der Waals surface area contributed by atoms with Gasteiger partial charge in [0.15, 0.2) is 0 Å². The van der Waals surface area contributed by atoms with Crippen molar-refractivity contribution in [1.82, 2.24) is 5.32 Å². The van der Waals surface area contributed by atoms with Crippen LogP contribution in [0.3, 0.4) is 0 Å². The van der Waals surface area contributed by atoms with Gasteiger partial charge in [0.05, 0.1) is 0 Å². The third-order valence-corrected chi connectivity index (χ3v) is 3.40. The summed E-state index contributed by atoms with van der Waals surface area (Å²) in [5, 5.41) is 2.98. The van der Waals surface area contributed by atoms with Gasteiger partial charge in [0.25, 0.3) is 0 Å². The SMILES string of the molecule is CCC(C)(C)CNC(=O)CCc1ccccc1N. The van der Waals surface area contributed by atoms with Gasteiger partial charge in [-0.25, -0.2) is 0 Å². The molecule has 0 radical (unpaired) electrons. The molecule has 0 aromatic heterocycles. The van der Waals surface area contributed by atoms with Crippen molar-refractivity contribution in [2.75, 3.05) is 12.3 Å². The normalized spacial score (nSPS) is 11.3. The van der Waals surface area contributed by atoms with Gasteiger partial charge in [0.2, 0.25) is 5.91 Å². The van der Waals surface area contributed by atoms with E-state index in [1.807, 2.05) is 24.3 Å².